The summed E-state index contributed by atoms with van der Waals surface area (Å²) in [5, 5.41) is 0. The van der Waals surface area contributed by atoms with Crippen molar-refractivity contribution in [3.63, 3.8) is 0 Å². The van der Waals surface area contributed by atoms with Gasteiger partial charge >= 0.3 is 0 Å². The van der Waals surface area contributed by atoms with Crippen LogP contribution in [0.5, 0.6) is 0 Å². The molecule has 5 nitrogen and oxygen atoms in total. The van der Waals surface area contributed by atoms with Gasteiger partial charge in [-0.1, -0.05) is 12.1 Å². The van der Waals surface area contributed by atoms with Crippen molar-refractivity contribution in [3.05, 3.63) is 30.2 Å². The second kappa shape index (κ2) is 5.72. The molecule has 0 N–H and O–H groups in total. The molecular formula is C17H20N2O3. The maximum atomic E-state index is 12.5. The SMILES string of the molecule is O=C([C@H]1CCCO1)N1CCC[C@@H](c2nc3ccccc3o2)C1. The highest BCUT2D eigenvalue weighted by Crippen LogP contribution is 2.30. The van der Waals surface area contributed by atoms with E-state index in [9.17, 15) is 4.79 Å². The van der Waals surface area contributed by atoms with Gasteiger partial charge in [-0.05, 0) is 37.8 Å². The topological polar surface area (TPSA) is 55.6 Å². The Morgan fingerprint density at radius 3 is 2.95 bits per heavy atom. The predicted molar refractivity (Wildman–Crippen MR) is 81.5 cm³/mol. The molecule has 22 heavy (non-hydrogen) atoms. The monoisotopic (exact) mass is 300 g/mol. The lowest BCUT2D eigenvalue weighted by Gasteiger charge is -2.32. The van der Waals surface area contributed by atoms with Gasteiger partial charge in [0.05, 0.1) is 5.92 Å². The molecule has 2 aromatic rings. The summed E-state index contributed by atoms with van der Waals surface area (Å²) in [7, 11) is 0. The van der Waals surface area contributed by atoms with Crippen LogP contribution in [-0.2, 0) is 9.53 Å². The Morgan fingerprint density at radius 2 is 2.14 bits per heavy atom. The van der Waals surface area contributed by atoms with Gasteiger partial charge in [-0.2, -0.15) is 0 Å². The maximum Gasteiger partial charge on any atom is 0.251 e. The first kappa shape index (κ1) is 13.8. The first-order valence-electron chi connectivity index (χ1n) is 8.07. The molecule has 2 fully saturated rings. The highest BCUT2D eigenvalue weighted by atomic mass is 16.5. The van der Waals surface area contributed by atoms with E-state index < -0.39 is 0 Å². The second-order valence-corrected chi connectivity index (χ2v) is 6.14. The van der Waals surface area contributed by atoms with Crippen LogP contribution in [0, 0.1) is 0 Å². The van der Waals surface area contributed by atoms with Crippen molar-refractivity contribution in [3.8, 4) is 0 Å². The van der Waals surface area contributed by atoms with Crippen molar-refractivity contribution in [2.75, 3.05) is 19.7 Å². The van der Waals surface area contributed by atoms with Gasteiger partial charge < -0.3 is 14.1 Å². The molecule has 2 aliphatic heterocycles. The number of fused-ring (bicyclic) bond motifs is 1. The molecule has 1 aromatic heterocycles. The predicted octanol–water partition coefficient (Wildman–Crippen LogP) is 2.71. The summed E-state index contributed by atoms with van der Waals surface area (Å²) in [5.74, 6) is 1.08. The van der Waals surface area contributed by atoms with Gasteiger partial charge in [-0.25, -0.2) is 4.98 Å². The molecule has 2 atom stereocenters. The van der Waals surface area contributed by atoms with E-state index in [0.717, 1.165) is 49.2 Å². The zero-order chi connectivity index (χ0) is 14.9. The van der Waals surface area contributed by atoms with E-state index in [1.165, 1.54) is 0 Å². The summed E-state index contributed by atoms with van der Waals surface area (Å²) < 4.78 is 11.4. The van der Waals surface area contributed by atoms with E-state index in [4.69, 9.17) is 9.15 Å². The summed E-state index contributed by atoms with van der Waals surface area (Å²) in [5.41, 5.74) is 1.71. The van der Waals surface area contributed by atoms with Gasteiger partial charge in [0, 0.05) is 19.7 Å². The number of aromatic nitrogens is 1. The van der Waals surface area contributed by atoms with Crippen LogP contribution >= 0.6 is 0 Å². The van der Waals surface area contributed by atoms with Crippen LogP contribution in [0.1, 0.15) is 37.5 Å². The first-order chi connectivity index (χ1) is 10.8. The Hall–Kier alpha value is -1.88. The number of piperidine rings is 1. The molecule has 116 valence electrons. The van der Waals surface area contributed by atoms with Gasteiger partial charge in [-0.15, -0.1) is 0 Å². The fourth-order valence-electron chi connectivity index (χ4n) is 3.42. The molecule has 2 saturated heterocycles. The van der Waals surface area contributed by atoms with Crippen molar-refractivity contribution in [2.24, 2.45) is 0 Å². The third kappa shape index (κ3) is 2.50. The smallest absolute Gasteiger partial charge is 0.251 e. The average molecular weight is 300 g/mol. The summed E-state index contributed by atoms with van der Waals surface area (Å²) in [6.45, 7) is 2.21. The lowest BCUT2D eigenvalue weighted by atomic mass is 9.97. The molecule has 1 aromatic carbocycles. The fourth-order valence-corrected chi connectivity index (χ4v) is 3.42. The number of para-hydroxylation sites is 2. The lowest BCUT2D eigenvalue weighted by molar-refractivity contribution is -0.142. The third-order valence-electron chi connectivity index (χ3n) is 4.60. The Balaban J connectivity index is 1.51. The van der Waals surface area contributed by atoms with Crippen molar-refractivity contribution in [1.82, 2.24) is 9.88 Å². The van der Waals surface area contributed by atoms with E-state index in [2.05, 4.69) is 4.98 Å². The van der Waals surface area contributed by atoms with Crippen LogP contribution in [0.2, 0.25) is 0 Å². The number of ether oxygens (including phenoxy) is 1. The average Bonchev–Trinajstić information content (AvgIpc) is 3.23. The molecule has 3 heterocycles. The molecule has 4 rings (SSSR count). The van der Waals surface area contributed by atoms with E-state index in [-0.39, 0.29) is 17.9 Å². The normalized spacial score (nSPS) is 25.7. The standard InChI is InChI=1S/C17H20N2O3/c20-17(15-8-4-10-21-15)19-9-3-5-12(11-19)16-18-13-6-1-2-7-14(13)22-16/h1-2,6-7,12,15H,3-5,8-11H2/t12-,15-/m1/s1. The molecule has 0 spiro atoms. The molecule has 0 saturated carbocycles. The minimum absolute atomic E-state index is 0.137. The van der Waals surface area contributed by atoms with Crippen molar-refractivity contribution in [2.45, 2.75) is 37.7 Å². The van der Waals surface area contributed by atoms with Crippen molar-refractivity contribution in [1.29, 1.82) is 0 Å². The quantitative estimate of drug-likeness (QED) is 0.855. The van der Waals surface area contributed by atoms with Gasteiger partial charge in [-0.3, -0.25) is 4.79 Å². The number of rotatable bonds is 2. The zero-order valence-corrected chi connectivity index (χ0v) is 12.5. The maximum absolute atomic E-state index is 12.5. The molecular weight excluding hydrogens is 280 g/mol. The fraction of sp³-hybridized carbons (Fsp3) is 0.529. The molecule has 0 radical (unpaired) electrons. The Kier molecular flexibility index (Phi) is 3.58. The highest BCUT2D eigenvalue weighted by molar-refractivity contribution is 5.81. The minimum Gasteiger partial charge on any atom is -0.440 e. The minimum atomic E-state index is -0.234. The molecule has 0 bridgehead atoms. The molecule has 0 unspecified atom stereocenters. The Morgan fingerprint density at radius 1 is 1.23 bits per heavy atom. The van der Waals surface area contributed by atoms with Crippen LogP contribution in [0.15, 0.2) is 28.7 Å². The summed E-state index contributed by atoms with van der Waals surface area (Å²) in [6.07, 6.45) is 3.61. The summed E-state index contributed by atoms with van der Waals surface area (Å²) >= 11 is 0. The number of hydrogen-bond donors (Lipinski definition) is 0. The van der Waals surface area contributed by atoms with Crippen molar-refractivity contribution < 1.29 is 13.9 Å². The number of carbonyl (C=O) groups is 1. The molecule has 5 heteroatoms. The van der Waals surface area contributed by atoms with Crippen LogP contribution in [-0.4, -0.2) is 41.6 Å². The summed E-state index contributed by atoms with van der Waals surface area (Å²) in [4.78, 5) is 19.0. The number of benzene rings is 1. The molecule has 2 aliphatic rings. The van der Waals surface area contributed by atoms with Gasteiger partial charge in [0.1, 0.15) is 11.6 Å². The Bertz CT molecular complexity index is 642. The lowest BCUT2D eigenvalue weighted by Crippen LogP contribution is -2.44. The summed E-state index contributed by atoms with van der Waals surface area (Å²) in [6, 6.07) is 7.80. The van der Waals surface area contributed by atoms with Crippen LogP contribution in [0.25, 0.3) is 11.1 Å². The number of hydrogen-bond acceptors (Lipinski definition) is 4. The number of carbonyl (C=O) groups excluding carboxylic acids is 1. The number of nitrogens with zero attached hydrogens (tertiary/aromatic N) is 2. The van der Waals surface area contributed by atoms with Gasteiger partial charge in [0.2, 0.25) is 0 Å². The van der Waals surface area contributed by atoms with E-state index >= 15 is 0 Å². The van der Waals surface area contributed by atoms with E-state index in [1.54, 1.807) is 0 Å². The molecule has 1 amide bonds. The molecule has 0 aliphatic carbocycles. The largest absolute Gasteiger partial charge is 0.440 e. The number of amides is 1. The van der Waals surface area contributed by atoms with Crippen LogP contribution in [0.3, 0.4) is 0 Å². The van der Waals surface area contributed by atoms with Gasteiger partial charge in [0.25, 0.3) is 5.91 Å². The second-order valence-electron chi connectivity index (χ2n) is 6.14. The van der Waals surface area contributed by atoms with E-state index in [1.807, 2.05) is 29.2 Å². The zero-order valence-electron chi connectivity index (χ0n) is 12.5. The third-order valence-corrected chi connectivity index (χ3v) is 4.60. The van der Waals surface area contributed by atoms with Crippen LogP contribution < -0.4 is 0 Å². The van der Waals surface area contributed by atoms with E-state index in [0.29, 0.717) is 13.2 Å². The van der Waals surface area contributed by atoms with Gasteiger partial charge in [0.15, 0.2) is 11.5 Å². The number of likely N-dealkylation sites (tertiary alicyclic amines) is 1. The van der Waals surface area contributed by atoms with Crippen LogP contribution in [0.4, 0.5) is 0 Å². The number of oxazole rings is 1. The van der Waals surface area contributed by atoms with Crippen molar-refractivity contribution >= 4 is 17.0 Å². The first-order valence-corrected chi connectivity index (χ1v) is 8.07. The Labute approximate surface area is 129 Å². The highest BCUT2D eigenvalue weighted by Gasteiger charge is 2.33.